The van der Waals surface area contributed by atoms with E-state index in [-0.39, 0.29) is 0 Å². The zero-order valence-corrected chi connectivity index (χ0v) is 75.1. The van der Waals surface area contributed by atoms with Crippen molar-refractivity contribution in [3.8, 4) is 89.0 Å². The Kier molecular flexibility index (Phi) is 14.9. The summed E-state index contributed by atoms with van der Waals surface area (Å²) < 4.78 is 8.98. The first-order chi connectivity index (χ1) is 69.4. The second-order valence-electron chi connectivity index (χ2n) is 38.7. The average Bonchev–Trinajstić information content (AvgIpc) is 1.55. The Labute approximate surface area is 796 Å². The number of nitrogens with zero attached hydrogens (tertiary/aromatic N) is 16. The van der Waals surface area contributed by atoms with E-state index in [9.17, 15) is 0 Å². The molecule has 0 saturated heterocycles. The molecular weight excluding hydrogens is 1710 g/mol. The summed E-state index contributed by atoms with van der Waals surface area (Å²) >= 11 is 0. The monoisotopic (exact) mass is 1780 g/mol. The number of hydrogen-bond donors (Lipinski definition) is 0. The Hall–Kier alpha value is -18.3. The van der Waals surface area contributed by atoms with Gasteiger partial charge in [0.05, 0.1) is 116 Å². The predicted molar refractivity (Wildman–Crippen MR) is 559 cm³/mol. The van der Waals surface area contributed by atoms with Gasteiger partial charge in [0.15, 0.2) is 0 Å². The molecule has 0 unspecified atom stereocenters. The first-order valence-electron chi connectivity index (χ1n) is 48.1. The topological polar surface area (TPSA) is 172 Å². The fraction of sp³-hybridized carbons (Fsp3) is 0.0645. The van der Waals surface area contributed by atoms with Crippen LogP contribution in [0.3, 0.4) is 0 Å². The summed E-state index contributed by atoms with van der Waals surface area (Å²) in [7, 11) is 0. The molecule has 16 aromatic heterocycles. The number of pyridine rings is 12. The predicted octanol–water partition coefficient (Wildman–Crippen LogP) is 26.9. The van der Waals surface area contributed by atoms with Crippen molar-refractivity contribution in [2.45, 2.75) is 51.4 Å². The normalized spacial score (nSPS) is 13.5. The van der Waals surface area contributed by atoms with Gasteiger partial charge in [-0.1, -0.05) is 182 Å². The van der Waals surface area contributed by atoms with E-state index in [1.54, 1.807) is 0 Å². The second kappa shape index (κ2) is 27.7. The van der Waals surface area contributed by atoms with Crippen molar-refractivity contribution in [3.05, 3.63) is 431 Å². The van der Waals surface area contributed by atoms with Crippen LogP contribution in [0.15, 0.2) is 342 Å². The van der Waals surface area contributed by atoms with Crippen molar-refractivity contribution >= 4 is 153 Å². The van der Waals surface area contributed by atoms with Gasteiger partial charge in [0.25, 0.3) is 0 Å². The number of rotatable bonds is 0. The number of aromatic nitrogens is 16. The zero-order chi connectivity index (χ0) is 90.7. The second-order valence-corrected chi connectivity index (χ2v) is 38.7. The summed E-state index contributed by atoms with van der Waals surface area (Å²) in [6.45, 7) is 0. The zero-order valence-electron chi connectivity index (χ0n) is 75.1. The third kappa shape index (κ3) is 10.1. The molecular formula is C124H72N16. The van der Waals surface area contributed by atoms with Crippen LogP contribution in [0.2, 0.25) is 0 Å². The third-order valence-electron chi connectivity index (χ3n) is 32.1. The number of benzene rings is 12. The van der Waals surface area contributed by atoms with E-state index in [1.165, 1.54) is 243 Å². The van der Waals surface area contributed by atoms with E-state index in [0.717, 1.165) is 140 Å². The maximum Gasteiger partial charge on any atom is 0.146 e. The average molecular weight is 1790 g/mol. The van der Waals surface area contributed by atoms with Crippen molar-refractivity contribution in [1.29, 1.82) is 0 Å². The SMILES string of the molecule is c1ccc2c(c1)Cc1c-2ccc2c1-c1ccc3c4ccncc4n4c5cnccc5nc4c3c1C2.c1ccc2c(c1)Cc1c-2ccc2c1Cc1c-2ccc2c3ccncc3n3c4cnccc4nc3c12.c1ccc2c(c1)Cc1cc3c(cc1-2)Cc1c-3ccc2c3ccncc3n3c4cnccc4nc3c12.c1ccc2c(c1)Cc1ccc3c(c1-2)Cc1c-3ccc2c3ccncc3n3c4cnccc4nc3c12. The smallest absolute Gasteiger partial charge is 0.146 e. The van der Waals surface area contributed by atoms with Gasteiger partial charge >= 0.3 is 0 Å². The lowest BCUT2D eigenvalue weighted by Crippen LogP contribution is -1.96. The van der Waals surface area contributed by atoms with Crippen LogP contribution in [0.1, 0.15) is 89.0 Å². The summed E-state index contributed by atoms with van der Waals surface area (Å²) in [6, 6.07) is 89.2. The van der Waals surface area contributed by atoms with Gasteiger partial charge in [-0.3, -0.25) is 57.5 Å². The fourth-order valence-electron chi connectivity index (χ4n) is 26.3. The molecule has 16 heterocycles. The van der Waals surface area contributed by atoms with Gasteiger partial charge in [-0.2, -0.15) is 0 Å². The van der Waals surface area contributed by atoms with Gasteiger partial charge in [0.2, 0.25) is 0 Å². The first-order valence-corrected chi connectivity index (χ1v) is 48.1. The molecule has 0 fully saturated rings. The van der Waals surface area contributed by atoms with E-state index in [1.807, 2.05) is 123 Å². The third-order valence-corrected chi connectivity index (χ3v) is 32.1. The Bertz CT molecular complexity index is 10600. The Morgan fingerprint density at radius 2 is 0.421 bits per heavy atom. The standard InChI is InChI=1S/4C31H18N4/c1-2-4-20-17(3-1)11-18-12-25-19(13-24(18)20)14-26-21(25)5-6-23-22-7-9-32-15-28(22)35-29-16-33-10-8-27(29)34-31(35)30(23)26;1-2-4-19-17(3-1)13-24-20(19)6-5-18-14-25-23(29(18)24)8-7-22-21-9-11-32-15-27(21)35-28-16-33-12-10-26(28)34-31(35)30(22)25;1-2-4-19-17(3-1)13-18-5-6-20-21-7-8-23-22-9-11-32-15-27(22)35-28-16-33-12-10-26(28)34-31(35)30(23)25(21)14-24(20)29(18)19;1-2-4-18-17(3-1)13-24-19(18)5-6-20-21-7-8-23-22-9-11-32-15-28(22)35-29-16-33-12-10-27(29)34-31(35)30(23)26(21)14-25(20)24/h1-10,12-13,15-16H,11,14H2;3*1-12,15-16H,13-14H2. The number of hydrogen-bond acceptors (Lipinski definition) is 12. The lowest BCUT2D eigenvalue weighted by atomic mass is 9.94. The van der Waals surface area contributed by atoms with Gasteiger partial charge in [-0.25, -0.2) is 19.9 Å². The summed E-state index contributed by atoms with van der Waals surface area (Å²) in [5, 5.41) is 14.7. The molecule has 0 atom stereocenters. The highest BCUT2D eigenvalue weighted by atomic mass is 15.1. The maximum absolute atomic E-state index is 5.14. The molecule has 36 rings (SSSR count). The molecule has 0 radical (unpaired) electrons. The lowest BCUT2D eigenvalue weighted by molar-refractivity contribution is 1.17. The van der Waals surface area contributed by atoms with E-state index in [4.69, 9.17) is 19.9 Å². The van der Waals surface area contributed by atoms with E-state index >= 15 is 0 Å². The molecule has 0 aliphatic heterocycles. The molecule has 12 aromatic carbocycles. The van der Waals surface area contributed by atoms with Crippen LogP contribution in [0.5, 0.6) is 0 Å². The minimum atomic E-state index is 0.922. The van der Waals surface area contributed by atoms with Gasteiger partial charge in [-0.15, -0.1) is 0 Å². The molecule has 8 aliphatic carbocycles. The van der Waals surface area contributed by atoms with Gasteiger partial charge in [-0.05, 0) is 305 Å². The fourth-order valence-corrected chi connectivity index (χ4v) is 26.3. The van der Waals surface area contributed by atoms with E-state index in [0.29, 0.717) is 0 Å². The molecule has 28 aromatic rings. The first kappa shape index (κ1) is 75.1. The quantitative estimate of drug-likeness (QED) is 0.132. The molecule has 0 N–H and O–H groups in total. The van der Waals surface area contributed by atoms with Crippen molar-refractivity contribution < 1.29 is 0 Å². The molecule has 0 spiro atoms. The van der Waals surface area contributed by atoms with Crippen LogP contribution in [-0.2, 0) is 51.4 Å². The highest BCUT2D eigenvalue weighted by Gasteiger charge is 2.37. The molecule has 140 heavy (non-hydrogen) atoms. The largest absolute Gasteiger partial charge is 0.289 e. The van der Waals surface area contributed by atoms with Crippen LogP contribution < -0.4 is 0 Å². The van der Waals surface area contributed by atoms with E-state index < -0.39 is 0 Å². The van der Waals surface area contributed by atoms with Crippen LogP contribution in [0.4, 0.5) is 0 Å². The molecule has 16 nitrogen and oxygen atoms in total. The van der Waals surface area contributed by atoms with Gasteiger partial charge < -0.3 is 0 Å². The molecule has 0 saturated carbocycles. The Morgan fingerprint density at radius 3 is 0.879 bits per heavy atom. The van der Waals surface area contributed by atoms with Crippen molar-refractivity contribution in [2.24, 2.45) is 0 Å². The van der Waals surface area contributed by atoms with Crippen LogP contribution in [0, 0.1) is 0 Å². The van der Waals surface area contributed by atoms with Gasteiger partial charge in [0, 0.05) is 99.1 Å². The Morgan fingerprint density at radius 1 is 0.164 bits per heavy atom. The van der Waals surface area contributed by atoms with Crippen LogP contribution >= 0.6 is 0 Å². The summed E-state index contributed by atoms with van der Waals surface area (Å²) in [6.07, 6.45) is 38.0. The minimum absolute atomic E-state index is 0.922. The summed E-state index contributed by atoms with van der Waals surface area (Å²) in [5.41, 5.74) is 61.1. The number of imidazole rings is 4. The van der Waals surface area contributed by atoms with Crippen molar-refractivity contribution in [3.63, 3.8) is 0 Å². The minimum Gasteiger partial charge on any atom is -0.289 e. The molecule has 0 bridgehead atoms. The molecule has 648 valence electrons. The molecule has 16 heteroatoms. The molecule has 8 aliphatic rings. The summed E-state index contributed by atoms with van der Waals surface area (Å²) in [5.74, 6) is 0. The van der Waals surface area contributed by atoms with E-state index in [2.05, 4.69) is 276 Å². The lowest BCUT2D eigenvalue weighted by Gasteiger charge is -2.13. The van der Waals surface area contributed by atoms with Crippen molar-refractivity contribution in [1.82, 2.24) is 77.4 Å². The maximum atomic E-state index is 5.14. The molecule has 0 amide bonds. The summed E-state index contributed by atoms with van der Waals surface area (Å²) in [4.78, 5) is 55.9. The van der Waals surface area contributed by atoms with Crippen LogP contribution in [0.25, 0.3) is 242 Å². The van der Waals surface area contributed by atoms with Crippen LogP contribution in [-0.4, -0.2) is 77.4 Å². The van der Waals surface area contributed by atoms with Gasteiger partial charge in [0.1, 0.15) is 22.6 Å². The number of fused-ring (bicyclic) bond motifs is 63. The van der Waals surface area contributed by atoms with Crippen molar-refractivity contribution in [2.75, 3.05) is 0 Å². The highest BCUT2D eigenvalue weighted by molar-refractivity contribution is 6.22. The highest BCUT2D eigenvalue weighted by Crippen LogP contribution is 2.57. The Balaban J connectivity index is 0.0000000829.